The van der Waals surface area contributed by atoms with Crippen LogP contribution in [0.1, 0.15) is 31.2 Å². The summed E-state index contributed by atoms with van der Waals surface area (Å²) in [5.74, 6) is 2.10. The molecule has 5 rings (SSSR count). The smallest absolute Gasteiger partial charge is 0.188 e. The highest BCUT2D eigenvalue weighted by Crippen LogP contribution is 2.42. The summed E-state index contributed by atoms with van der Waals surface area (Å²) >= 11 is 6.26. The van der Waals surface area contributed by atoms with E-state index in [2.05, 4.69) is 25.3 Å². The summed E-state index contributed by atoms with van der Waals surface area (Å²) in [6.45, 7) is 7.95. The lowest BCUT2D eigenvalue weighted by molar-refractivity contribution is 0.126. The van der Waals surface area contributed by atoms with Gasteiger partial charge in [-0.3, -0.25) is 0 Å². The Hall–Kier alpha value is -2.79. The number of rotatable bonds is 5. The zero-order chi connectivity index (χ0) is 22.2. The Kier molecular flexibility index (Phi) is 6.80. The molecule has 0 radical (unpaired) electrons. The maximum Gasteiger partial charge on any atom is 0.188 e. The van der Waals surface area contributed by atoms with E-state index in [0.29, 0.717) is 28.8 Å². The van der Waals surface area contributed by atoms with Crippen LogP contribution in [0.3, 0.4) is 0 Å². The first kappa shape index (κ1) is 23.4. The van der Waals surface area contributed by atoms with E-state index < -0.39 is 0 Å². The molecule has 3 heterocycles. The number of nitrogens with one attached hydrogen (secondary N) is 1. The summed E-state index contributed by atoms with van der Waals surface area (Å²) < 4.78 is 5.22. The van der Waals surface area contributed by atoms with Crippen molar-refractivity contribution in [1.82, 2.24) is 10.2 Å². The van der Waals surface area contributed by atoms with Gasteiger partial charge in [-0.1, -0.05) is 29.8 Å². The Morgan fingerprint density at radius 1 is 1.15 bits per heavy atom. The van der Waals surface area contributed by atoms with Crippen molar-refractivity contribution < 1.29 is 9.84 Å². The predicted molar refractivity (Wildman–Crippen MR) is 133 cm³/mol. The summed E-state index contributed by atoms with van der Waals surface area (Å²) in [5, 5.41) is 25.1. The van der Waals surface area contributed by atoms with Crippen LogP contribution in [-0.4, -0.2) is 40.6 Å². The van der Waals surface area contributed by atoms with Crippen molar-refractivity contribution in [2.75, 3.05) is 17.3 Å². The minimum absolute atomic E-state index is 0. The molecule has 2 aliphatic heterocycles. The number of ether oxygens (including phenoxy) is 1. The standard InChI is InChI=1S/C24H24ClN5O2.ClH/c1-26-15-4-7-19-20(10-15)23(27-13-14-3-8-22(32-2)21(25)9-14)28-29-24(19)30-16-5-6-17(30)12-18(31)11-16;/h3-4,7-10,16-18,31H,5-6,11-13H2,2H3,(H,27,28);1H. The SMILES string of the molecule is Cl.[C-]#[N+]c1ccc2c(N3C4CCC3CC(O)C4)nnc(NCc3ccc(OC)c(Cl)c3)c2c1. The molecule has 172 valence electrons. The van der Waals surface area contributed by atoms with Crippen molar-refractivity contribution in [3.63, 3.8) is 0 Å². The largest absolute Gasteiger partial charge is 0.495 e. The van der Waals surface area contributed by atoms with Gasteiger partial charge in [0.2, 0.25) is 0 Å². The first-order chi connectivity index (χ1) is 15.6. The molecule has 33 heavy (non-hydrogen) atoms. The van der Waals surface area contributed by atoms with Crippen LogP contribution in [0.15, 0.2) is 36.4 Å². The molecule has 0 saturated carbocycles. The number of halogens is 2. The number of methoxy groups -OCH3 is 1. The molecular formula is C24H25Cl2N5O2. The molecule has 0 amide bonds. The fourth-order valence-corrected chi connectivity index (χ4v) is 5.30. The second-order valence-corrected chi connectivity index (χ2v) is 8.86. The van der Waals surface area contributed by atoms with E-state index in [4.69, 9.17) is 22.9 Å². The van der Waals surface area contributed by atoms with Crippen molar-refractivity contribution in [1.29, 1.82) is 0 Å². The molecule has 2 unspecified atom stereocenters. The summed E-state index contributed by atoms with van der Waals surface area (Å²) in [6.07, 6.45) is 3.40. The minimum Gasteiger partial charge on any atom is -0.495 e. The molecule has 7 nitrogen and oxygen atoms in total. The van der Waals surface area contributed by atoms with Gasteiger partial charge in [0.25, 0.3) is 0 Å². The van der Waals surface area contributed by atoms with Gasteiger partial charge in [0.05, 0.1) is 24.8 Å². The number of aliphatic hydroxyl groups excluding tert-OH is 1. The Balaban J connectivity index is 0.00000259. The van der Waals surface area contributed by atoms with Gasteiger partial charge in [-0.15, -0.1) is 22.6 Å². The normalized spacial score (nSPS) is 21.4. The van der Waals surface area contributed by atoms with Gasteiger partial charge in [0.1, 0.15) is 5.75 Å². The third kappa shape index (κ3) is 4.39. The van der Waals surface area contributed by atoms with Crippen molar-refractivity contribution in [3.05, 3.63) is 58.4 Å². The Labute approximate surface area is 203 Å². The zero-order valence-electron chi connectivity index (χ0n) is 18.2. The molecule has 2 fully saturated rings. The molecule has 2 bridgehead atoms. The molecule has 2 atom stereocenters. The van der Waals surface area contributed by atoms with Crippen LogP contribution in [0.2, 0.25) is 5.02 Å². The van der Waals surface area contributed by atoms with Crippen LogP contribution >= 0.6 is 24.0 Å². The third-order valence-corrected chi connectivity index (χ3v) is 6.80. The van der Waals surface area contributed by atoms with E-state index in [0.717, 1.165) is 47.8 Å². The van der Waals surface area contributed by atoms with E-state index in [1.807, 2.05) is 36.4 Å². The number of hydrogen-bond acceptors (Lipinski definition) is 6. The number of nitrogens with zero attached hydrogens (tertiary/aromatic N) is 4. The average molecular weight is 486 g/mol. The van der Waals surface area contributed by atoms with Gasteiger partial charge < -0.3 is 20.1 Å². The number of aromatic nitrogens is 2. The van der Waals surface area contributed by atoms with E-state index in [1.165, 1.54) is 0 Å². The van der Waals surface area contributed by atoms with Crippen molar-refractivity contribution in [2.45, 2.75) is 50.4 Å². The fourth-order valence-electron chi connectivity index (χ4n) is 5.02. The summed E-state index contributed by atoms with van der Waals surface area (Å²) in [6, 6.07) is 11.9. The van der Waals surface area contributed by atoms with Crippen LogP contribution in [0.5, 0.6) is 5.75 Å². The van der Waals surface area contributed by atoms with E-state index in [9.17, 15) is 5.11 Å². The third-order valence-electron chi connectivity index (χ3n) is 6.50. The van der Waals surface area contributed by atoms with Gasteiger partial charge in [0, 0.05) is 29.4 Å². The van der Waals surface area contributed by atoms with Crippen molar-refractivity contribution in [2.24, 2.45) is 0 Å². The molecule has 9 heteroatoms. The minimum atomic E-state index is -0.242. The average Bonchev–Trinajstić information content (AvgIpc) is 3.07. The molecular weight excluding hydrogens is 461 g/mol. The van der Waals surface area contributed by atoms with Gasteiger partial charge >= 0.3 is 0 Å². The predicted octanol–water partition coefficient (Wildman–Crippen LogP) is 5.37. The summed E-state index contributed by atoms with van der Waals surface area (Å²) in [7, 11) is 1.59. The van der Waals surface area contributed by atoms with Crippen LogP contribution in [0.25, 0.3) is 15.6 Å². The van der Waals surface area contributed by atoms with Crippen LogP contribution in [0.4, 0.5) is 17.3 Å². The maximum atomic E-state index is 10.2. The highest BCUT2D eigenvalue weighted by molar-refractivity contribution is 6.32. The molecule has 2 aromatic carbocycles. The topological polar surface area (TPSA) is 74.9 Å². The van der Waals surface area contributed by atoms with E-state index in [-0.39, 0.29) is 30.6 Å². The number of fused-ring (bicyclic) bond motifs is 3. The van der Waals surface area contributed by atoms with Gasteiger partial charge in [-0.05, 0) is 49.4 Å². The second-order valence-electron chi connectivity index (χ2n) is 8.45. The lowest BCUT2D eigenvalue weighted by atomic mass is 9.99. The highest BCUT2D eigenvalue weighted by Gasteiger charge is 2.41. The Bertz CT molecular complexity index is 1200. The lowest BCUT2D eigenvalue weighted by Gasteiger charge is -2.38. The van der Waals surface area contributed by atoms with Crippen LogP contribution < -0.4 is 15.0 Å². The number of piperidine rings is 1. The van der Waals surface area contributed by atoms with Gasteiger partial charge in [0.15, 0.2) is 17.3 Å². The molecule has 0 spiro atoms. The number of hydrogen-bond donors (Lipinski definition) is 2. The zero-order valence-corrected chi connectivity index (χ0v) is 19.7. The summed E-state index contributed by atoms with van der Waals surface area (Å²) in [4.78, 5) is 5.94. The van der Waals surface area contributed by atoms with Gasteiger partial charge in [-0.25, -0.2) is 4.85 Å². The first-order valence-electron chi connectivity index (χ1n) is 10.8. The lowest BCUT2D eigenvalue weighted by Crippen LogP contribution is -2.45. The Morgan fingerprint density at radius 3 is 2.58 bits per heavy atom. The first-order valence-corrected chi connectivity index (χ1v) is 11.2. The van der Waals surface area contributed by atoms with Crippen molar-refractivity contribution in [3.8, 4) is 5.75 Å². The van der Waals surface area contributed by atoms with Crippen LogP contribution in [-0.2, 0) is 6.54 Å². The molecule has 2 aliphatic rings. The maximum absolute atomic E-state index is 10.2. The quantitative estimate of drug-likeness (QED) is 0.473. The highest BCUT2D eigenvalue weighted by atomic mass is 35.5. The Morgan fingerprint density at radius 2 is 1.91 bits per heavy atom. The van der Waals surface area contributed by atoms with Crippen molar-refractivity contribution >= 4 is 52.1 Å². The fraction of sp³-hybridized carbons (Fsp3) is 0.375. The summed E-state index contributed by atoms with van der Waals surface area (Å²) in [5.41, 5.74) is 1.54. The van der Waals surface area contributed by atoms with E-state index in [1.54, 1.807) is 7.11 Å². The molecule has 3 aromatic rings. The monoisotopic (exact) mass is 485 g/mol. The number of anilines is 2. The van der Waals surface area contributed by atoms with Crippen LogP contribution in [0, 0.1) is 6.57 Å². The molecule has 2 N–H and O–H groups in total. The second kappa shape index (κ2) is 9.60. The molecule has 0 aliphatic carbocycles. The molecule has 1 aromatic heterocycles. The van der Waals surface area contributed by atoms with Gasteiger partial charge in [-0.2, -0.15) is 0 Å². The van der Waals surface area contributed by atoms with E-state index >= 15 is 0 Å². The number of benzene rings is 2. The molecule has 2 saturated heterocycles. The number of aliphatic hydroxyl groups is 1.